The van der Waals surface area contributed by atoms with Gasteiger partial charge in [-0.2, -0.15) is 0 Å². The van der Waals surface area contributed by atoms with Crippen LogP contribution in [0, 0.1) is 11.2 Å². The summed E-state index contributed by atoms with van der Waals surface area (Å²) >= 11 is 0. The quantitative estimate of drug-likeness (QED) is 0.777. The van der Waals surface area contributed by atoms with Gasteiger partial charge in [0.05, 0.1) is 18.1 Å². The van der Waals surface area contributed by atoms with Crippen LogP contribution in [-0.2, 0) is 9.53 Å². The first kappa shape index (κ1) is 19.1. The lowest BCUT2D eigenvalue weighted by atomic mass is 9.82. The maximum absolute atomic E-state index is 13.4. The lowest BCUT2D eigenvalue weighted by Gasteiger charge is -2.27. The second-order valence-corrected chi connectivity index (χ2v) is 8.51. The van der Waals surface area contributed by atoms with Gasteiger partial charge in [-0.05, 0) is 67.2 Å². The molecule has 2 atom stereocenters. The second kappa shape index (κ2) is 6.68. The molecule has 1 saturated carbocycles. The van der Waals surface area contributed by atoms with Crippen molar-refractivity contribution in [2.75, 3.05) is 0 Å². The molecule has 2 aliphatic carbocycles. The van der Waals surface area contributed by atoms with Crippen molar-refractivity contribution in [1.29, 1.82) is 0 Å². The van der Waals surface area contributed by atoms with Crippen LogP contribution in [0.5, 0.6) is 0 Å². The smallest absolute Gasteiger partial charge is 0.309 e. The number of halogens is 1. The number of cyclic esters (lactones) is 1. The van der Waals surface area contributed by atoms with Crippen molar-refractivity contribution < 1.29 is 24.1 Å². The summed E-state index contributed by atoms with van der Waals surface area (Å²) in [7, 11) is 0. The number of aliphatic hydroxyl groups is 2. The molecule has 4 nitrogen and oxygen atoms in total. The molecule has 2 N–H and O–H groups in total. The summed E-state index contributed by atoms with van der Waals surface area (Å²) in [6.45, 7) is 3.57. The zero-order valence-corrected chi connectivity index (χ0v) is 16.1. The molecule has 1 heterocycles. The van der Waals surface area contributed by atoms with E-state index in [4.69, 9.17) is 4.74 Å². The highest BCUT2D eigenvalue weighted by molar-refractivity contribution is 5.86. The fourth-order valence-electron chi connectivity index (χ4n) is 4.44. The van der Waals surface area contributed by atoms with Crippen molar-refractivity contribution >= 4 is 11.5 Å². The van der Waals surface area contributed by atoms with Crippen LogP contribution >= 0.6 is 0 Å². The van der Waals surface area contributed by atoms with E-state index in [1.54, 1.807) is 26.0 Å². The summed E-state index contributed by atoms with van der Waals surface area (Å²) in [5.74, 6) is -0.695. The lowest BCUT2D eigenvalue weighted by molar-refractivity contribution is -0.156. The maximum atomic E-state index is 13.4. The number of hydrogen-bond acceptors (Lipinski definition) is 4. The molecule has 1 saturated heterocycles. The first-order valence-corrected chi connectivity index (χ1v) is 9.70. The van der Waals surface area contributed by atoms with Gasteiger partial charge in [-0.1, -0.05) is 24.3 Å². The number of aliphatic hydroxyl groups excluding tert-OH is 1. The fraction of sp³-hybridized carbons (Fsp3) is 0.435. The van der Waals surface area contributed by atoms with E-state index >= 15 is 0 Å². The van der Waals surface area contributed by atoms with E-state index in [-0.39, 0.29) is 17.7 Å². The van der Waals surface area contributed by atoms with Crippen LogP contribution in [0.25, 0.3) is 5.57 Å². The topological polar surface area (TPSA) is 66.8 Å². The molecule has 5 heteroatoms. The lowest BCUT2D eigenvalue weighted by Crippen LogP contribution is -2.31. The number of hydrogen-bond donors (Lipinski definition) is 2. The second-order valence-electron chi connectivity index (χ2n) is 8.51. The van der Waals surface area contributed by atoms with Gasteiger partial charge < -0.3 is 14.9 Å². The third-order valence-electron chi connectivity index (χ3n) is 5.84. The number of ether oxygens (including phenoxy) is 1. The zero-order chi connectivity index (χ0) is 20.1. The predicted molar refractivity (Wildman–Crippen MR) is 104 cm³/mol. The maximum Gasteiger partial charge on any atom is 0.309 e. The molecule has 1 aliphatic heterocycles. The molecule has 1 spiro atoms. The van der Waals surface area contributed by atoms with Crippen molar-refractivity contribution in [1.82, 2.24) is 0 Å². The van der Waals surface area contributed by atoms with E-state index in [0.29, 0.717) is 6.42 Å². The molecule has 0 aromatic heterocycles. The van der Waals surface area contributed by atoms with Crippen LogP contribution in [0.1, 0.15) is 45.1 Å². The Balaban J connectivity index is 1.73. The van der Waals surface area contributed by atoms with E-state index in [9.17, 15) is 19.4 Å². The zero-order valence-electron chi connectivity index (χ0n) is 16.1. The monoisotopic (exact) mass is 384 g/mol. The molecule has 0 radical (unpaired) electrons. The normalized spacial score (nSPS) is 26.8. The first-order chi connectivity index (χ1) is 13.2. The number of carbonyl (C=O) groups is 1. The fourth-order valence-corrected chi connectivity index (χ4v) is 4.44. The van der Waals surface area contributed by atoms with Gasteiger partial charge in [0, 0.05) is 11.8 Å². The van der Waals surface area contributed by atoms with Crippen molar-refractivity contribution in [3.8, 4) is 0 Å². The molecular weight excluding hydrogens is 359 g/mol. The van der Waals surface area contributed by atoms with Crippen molar-refractivity contribution in [2.24, 2.45) is 5.41 Å². The van der Waals surface area contributed by atoms with Crippen LogP contribution in [-0.4, -0.2) is 34.0 Å². The van der Waals surface area contributed by atoms with E-state index in [1.807, 2.05) is 18.2 Å². The van der Waals surface area contributed by atoms with Crippen LogP contribution in [0.15, 0.2) is 53.6 Å². The molecule has 2 fully saturated rings. The van der Waals surface area contributed by atoms with Crippen molar-refractivity contribution in [2.45, 2.75) is 57.3 Å². The number of esters is 1. The molecule has 1 aromatic carbocycles. The van der Waals surface area contributed by atoms with Gasteiger partial charge in [-0.15, -0.1) is 0 Å². The molecule has 148 valence electrons. The summed E-state index contributed by atoms with van der Waals surface area (Å²) < 4.78 is 18.7. The summed E-state index contributed by atoms with van der Waals surface area (Å²) in [6, 6.07) is 6.34. The van der Waals surface area contributed by atoms with Gasteiger partial charge >= 0.3 is 5.97 Å². The SMILES string of the molecule is CC(C)(O)C1=CC(c2ccc(F)cc2)=C(C=C[C@H]2C[C@H](O)CC(=O)O2)C12CC2. The van der Waals surface area contributed by atoms with E-state index in [2.05, 4.69) is 0 Å². The minimum Gasteiger partial charge on any atom is -0.458 e. The van der Waals surface area contributed by atoms with Crippen molar-refractivity contribution in [3.05, 3.63) is 65.0 Å². The molecule has 4 rings (SSSR count). The van der Waals surface area contributed by atoms with Gasteiger partial charge in [0.15, 0.2) is 0 Å². The Morgan fingerprint density at radius 1 is 1.25 bits per heavy atom. The molecule has 0 unspecified atom stereocenters. The van der Waals surface area contributed by atoms with Gasteiger partial charge in [-0.3, -0.25) is 4.79 Å². The highest BCUT2D eigenvalue weighted by Crippen LogP contribution is 2.65. The van der Waals surface area contributed by atoms with Gasteiger partial charge in [0.1, 0.15) is 11.9 Å². The molecule has 3 aliphatic rings. The number of allylic oxidation sites excluding steroid dienone is 4. The molecule has 1 aromatic rings. The van der Waals surface area contributed by atoms with Crippen LogP contribution in [0.3, 0.4) is 0 Å². The molecule has 28 heavy (non-hydrogen) atoms. The van der Waals surface area contributed by atoms with E-state index < -0.39 is 23.8 Å². The van der Waals surface area contributed by atoms with Crippen LogP contribution in [0.4, 0.5) is 4.39 Å². The Kier molecular flexibility index (Phi) is 4.55. The Hall–Kier alpha value is -2.24. The minimum atomic E-state index is -0.967. The molecular formula is C23H25FO4. The number of carbonyl (C=O) groups excluding carboxylic acids is 1. The summed E-state index contributed by atoms with van der Waals surface area (Å²) in [5, 5.41) is 20.6. The number of rotatable bonds is 4. The van der Waals surface area contributed by atoms with Crippen LogP contribution in [0.2, 0.25) is 0 Å². The summed E-state index contributed by atoms with van der Waals surface area (Å²) in [6.07, 6.45) is 6.90. The molecule has 0 bridgehead atoms. The highest BCUT2D eigenvalue weighted by Gasteiger charge is 2.55. The largest absolute Gasteiger partial charge is 0.458 e. The summed E-state index contributed by atoms with van der Waals surface area (Å²) in [5.41, 5.74) is 2.65. The Bertz CT molecular complexity index is 882. The van der Waals surface area contributed by atoms with Crippen LogP contribution < -0.4 is 0 Å². The number of benzene rings is 1. The third kappa shape index (κ3) is 3.45. The average molecular weight is 384 g/mol. The molecule has 0 amide bonds. The van der Waals surface area contributed by atoms with Gasteiger partial charge in [-0.25, -0.2) is 4.39 Å². The van der Waals surface area contributed by atoms with Gasteiger partial charge in [0.2, 0.25) is 0 Å². The van der Waals surface area contributed by atoms with Crippen molar-refractivity contribution in [3.63, 3.8) is 0 Å². The Morgan fingerprint density at radius 2 is 1.93 bits per heavy atom. The van der Waals surface area contributed by atoms with Gasteiger partial charge in [0.25, 0.3) is 0 Å². The first-order valence-electron chi connectivity index (χ1n) is 9.70. The highest BCUT2D eigenvalue weighted by atomic mass is 19.1. The average Bonchev–Trinajstić information content (AvgIpc) is 3.29. The predicted octanol–water partition coefficient (Wildman–Crippen LogP) is 3.69. The Labute approximate surface area is 164 Å². The Morgan fingerprint density at radius 3 is 2.50 bits per heavy atom. The minimum absolute atomic E-state index is 0.0300. The van der Waals surface area contributed by atoms with E-state index in [0.717, 1.165) is 35.1 Å². The third-order valence-corrected chi connectivity index (χ3v) is 5.84. The standard InChI is InChI=1S/C23H25FO4/c1-22(2,27)20-13-18(14-3-5-15(24)6-4-14)19(23(20)9-10-23)8-7-17-11-16(25)12-21(26)28-17/h3-8,13,16-17,25,27H,9-12H2,1-2H3/t16-,17-/m0/s1. The summed E-state index contributed by atoms with van der Waals surface area (Å²) in [4.78, 5) is 11.6. The van der Waals surface area contributed by atoms with E-state index in [1.165, 1.54) is 12.1 Å².